The Morgan fingerprint density at radius 1 is 1.56 bits per heavy atom. The lowest BCUT2D eigenvalue weighted by Gasteiger charge is -2.34. The van der Waals surface area contributed by atoms with E-state index in [1.54, 1.807) is 13.0 Å². The van der Waals surface area contributed by atoms with Gasteiger partial charge in [-0.1, -0.05) is 15.9 Å². The molecule has 0 bridgehead atoms. The summed E-state index contributed by atoms with van der Waals surface area (Å²) in [6, 6.07) is 3.60. The van der Waals surface area contributed by atoms with Gasteiger partial charge in [0.15, 0.2) is 5.78 Å². The monoisotopic (exact) mass is 284 g/mol. The Hall–Kier alpha value is -0.870. The quantitative estimate of drug-likeness (QED) is 0.862. The first-order chi connectivity index (χ1) is 7.47. The Kier molecular flexibility index (Phi) is 2.80. The van der Waals surface area contributed by atoms with Gasteiger partial charge in [0.2, 0.25) is 0 Å². The summed E-state index contributed by atoms with van der Waals surface area (Å²) in [6.07, 6.45) is 0.220. The number of carbonyl (C=O) groups excluding carboxylic acids is 1. The second-order valence-corrected chi connectivity index (χ2v) is 5.21. The van der Waals surface area contributed by atoms with Crippen molar-refractivity contribution in [1.29, 1.82) is 0 Å². The molecule has 0 saturated heterocycles. The molecule has 1 unspecified atom stereocenters. The zero-order valence-corrected chi connectivity index (χ0v) is 10.8. The third kappa shape index (κ3) is 1.76. The fraction of sp³-hybridized carbons (Fsp3) is 0.417. The van der Waals surface area contributed by atoms with Crippen molar-refractivity contribution in [2.75, 3.05) is 6.61 Å². The maximum absolute atomic E-state index is 11.9. The third-order valence-electron chi connectivity index (χ3n) is 2.86. The molecule has 1 aromatic carbocycles. The topological polar surface area (TPSA) is 46.5 Å². The van der Waals surface area contributed by atoms with Gasteiger partial charge in [-0.05, 0) is 26.0 Å². The molecule has 0 spiro atoms. The normalized spacial score (nSPS) is 23.9. The molecule has 0 amide bonds. The highest BCUT2D eigenvalue weighted by molar-refractivity contribution is 9.10. The molecule has 1 atom stereocenters. The number of ketones is 1. The SMILES string of the molecule is Cc1c(Br)ccc2c1OC(C)(CO)CC2=O. The number of aliphatic hydroxyl groups is 1. The average molecular weight is 285 g/mol. The molecule has 0 fully saturated rings. The van der Waals surface area contributed by atoms with Gasteiger partial charge in [0.25, 0.3) is 0 Å². The van der Waals surface area contributed by atoms with Crippen LogP contribution in [0.3, 0.4) is 0 Å². The van der Waals surface area contributed by atoms with Gasteiger partial charge in [0.1, 0.15) is 11.4 Å². The maximum Gasteiger partial charge on any atom is 0.170 e. The van der Waals surface area contributed by atoms with Crippen molar-refractivity contribution in [3.05, 3.63) is 27.7 Å². The molecule has 3 nitrogen and oxygen atoms in total. The van der Waals surface area contributed by atoms with Crippen LogP contribution in [0.4, 0.5) is 0 Å². The summed E-state index contributed by atoms with van der Waals surface area (Å²) in [6.45, 7) is 3.47. The lowest BCUT2D eigenvalue weighted by Crippen LogP contribution is -2.42. The van der Waals surface area contributed by atoms with Gasteiger partial charge < -0.3 is 9.84 Å². The zero-order chi connectivity index (χ0) is 11.9. The molecule has 2 rings (SSSR count). The minimum absolute atomic E-state index is 0.0217. The van der Waals surface area contributed by atoms with E-state index >= 15 is 0 Å². The smallest absolute Gasteiger partial charge is 0.170 e. The summed E-state index contributed by atoms with van der Waals surface area (Å²) in [5, 5.41) is 9.26. The summed E-state index contributed by atoms with van der Waals surface area (Å²) in [5.41, 5.74) is 0.701. The van der Waals surface area contributed by atoms with Crippen molar-refractivity contribution in [1.82, 2.24) is 0 Å². The molecule has 0 saturated carbocycles. The van der Waals surface area contributed by atoms with Crippen LogP contribution in [0, 0.1) is 6.92 Å². The summed E-state index contributed by atoms with van der Waals surface area (Å²) in [5.74, 6) is 0.607. The summed E-state index contributed by atoms with van der Waals surface area (Å²) < 4.78 is 6.65. The van der Waals surface area contributed by atoms with Gasteiger partial charge in [0, 0.05) is 10.0 Å². The van der Waals surface area contributed by atoms with Crippen molar-refractivity contribution in [3.8, 4) is 5.75 Å². The van der Waals surface area contributed by atoms with Gasteiger partial charge in [0.05, 0.1) is 18.6 Å². The van der Waals surface area contributed by atoms with E-state index in [1.165, 1.54) is 0 Å². The predicted octanol–water partition coefficient (Wildman–Crippen LogP) is 2.47. The van der Waals surface area contributed by atoms with Gasteiger partial charge in [-0.15, -0.1) is 0 Å². The fourth-order valence-electron chi connectivity index (χ4n) is 1.82. The Bertz CT molecular complexity index is 456. The van der Waals surface area contributed by atoms with Crippen LogP contribution in [0.5, 0.6) is 5.75 Å². The number of rotatable bonds is 1. The van der Waals surface area contributed by atoms with Crippen molar-refractivity contribution < 1.29 is 14.6 Å². The number of hydrogen-bond acceptors (Lipinski definition) is 3. The van der Waals surface area contributed by atoms with E-state index in [1.807, 2.05) is 13.0 Å². The first kappa shape index (κ1) is 11.6. The number of carbonyl (C=O) groups is 1. The van der Waals surface area contributed by atoms with E-state index in [-0.39, 0.29) is 18.8 Å². The largest absolute Gasteiger partial charge is 0.484 e. The van der Waals surface area contributed by atoms with Crippen molar-refractivity contribution >= 4 is 21.7 Å². The first-order valence-corrected chi connectivity index (χ1v) is 5.88. The molecule has 1 aliphatic rings. The second kappa shape index (κ2) is 3.86. The van der Waals surface area contributed by atoms with Crippen molar-refractivity contribution in [2.45, 2.75) is 25.9 Å². The average Bonchev–Trinajstić information content (AvgIpc) is 2.24. The van der Waals surface area contributed by atoms with Crippen LogP contribution >= 0.6 is 15.9 Å². The summed E-state index contributed by atoms with van der Waals surface area (Å²) in [7, 11) is 0. The maximum atomic E-state index is 11.9. The standard InChI is InChI=1S/C12H13BrO3/c1-7-9(13)4-3-8-10(15)5-12(2,6-14)16-11(7)8/h3-4,14H,5-6H2,1-2H3. The molecule has 1 N–H and O–H groups in total. The van der Waals surface area contributed by atoms with E-state index in [9.17, 15) is 9.90 Å². The second-order valence-electron chi connectivity index (χ2n) is 4.36. The number of aliphatic hydroxyl groups excluding tert-OH is 1. The highest BCUT2D eigenvalue weighted by Gasteiger charge is 2.36. The van der Waals surface area contributed by atoms with E-state index in [0.717, 1.165) is 10.0 Å². The van der Waals surface area contributed by atoms with Crippen LogP contribution in [0.15, 0.2) is 16.6 Å². The van der Waals surface area contributed by atoms with Gasteiger partial charge >= 0.3 is 0 Å². The molecule has 16 heavy (non-hydrogen) atoms. The van der Waals surface area contributed by atoms with Crippen LogP contribution in [-0.2, 0) is 0 Å². The molecule has 1 aromatic rings. The third-order valence-corrected chi connectivity index (χ3v) is 3.72. The molecule has 1 aliphatic heterocycles. The van der Waals surface area contributed by atoms with Gasteiger partial charge in [-0.25, -0.2) is 0 Å². The Morgan fingerprint density at radius 2 is 2.25 bits per heavy atom. The van der Waals surface area contributed by atoms with Crippen LogP contribution in [0.2, 0.25) is 0 Å². The van der Waals surface area contributed by atoms with Crippen LogP contribution in [0.25, 0.3) is 0 Å². The Morgan fingerprint density at radius 3 is 2.88 bits per heavy atom. The molecular formula is C12H13BrO3. The highest BCUT2D eigenvalue weighted by atomic mass is 79.9. The minimum Gasteiger partial charge on any atom is -0.484 e. The zero-order valence-electron chi connectivity index (χ0n) is 9.21. The summed E-state index contributed by atoms with van der Waals surface area (Å²) in [4.78, 5) is 11.9. The molecular weight excluding hydrogens is 272 g/mol. The number of ether oxygens (including phenoxy) is 1. The Balaban J connectivity index is 2.56. The molecule has 0 aromatic heterocycles. The Labute approximate surface area is 103 Å². The van der Waals surface area contributed by atoms with E-state index in [2.05, 4.69) is 15.9 Å². The van der Waals surface area contributed by atoms with Gasteiger partial charge in [-0.3, -0.25) is 4.79 Å². The van der Waals surface area contributed by atoms with E-state index in [4.69, 9.17) is 4.74 Å². The number of Topliss-reactive ketones (excluding diaryl/α,β-unsaturated/α-hetero) is 1. The number of fused-ring (bicyclic) bond motifs is 1. The molecule has 4 heteroatoms. The number of hydrogen-bond donors (Lipinski definition) is 1. The summed E-state index contributed by atoms with van der Waals surface area (Å²) >= 11 is 3.40. The molecule has 0 radical (unpaired) electrons. The molecule has 0 aliphatic carbocycles. The fourth-order valence-corrected chi connectivity index (χ4v) is 2.14. The van der Waals surface area contributed by atoms with Gasteiger partial charge in [-0.2, -0.15) is 0 Å². The lowest BCUT2D eigenvalue weighted by molar-refractivity contribution is 0.0103. The lowest BCUT2D eigenvalue weighted by atomic mass is 9.91. The molecule has 86 valence electrons. The first-order valence-electron chi connectivity index (χ1n) is 5.09. The van der Waals surface area contributed by atoms with Crippen LogP contribution < -0.4 is 4.74 Å². The minimum atomic E-state index is -0.796. The number of benzene rings is 1. The van der Waals surface area contributed by atoms with Crippen molar-refractivity contribution in [2.24, 2.45) is 0 Å². The van der Waals surface area contributed by atoms with Crippen LogP contribution in [0.1, 0.15) is 29.3 Å². The van der Waals surface area contributed by atoms with E-state index < -0.39 is 5.60 Å². The van der Waals surface area contributed by atoms with Crippen LogP contribution in [-0.4, -0.2) is 23.1 Å². The predicted molar refractivity (Wildman–Crippen MR) is 63.9 cm³/mol. The van der Waals surface area contributed by atoms with Crippen molar-refractivity contribution in [3.63, 3.8) is 0 Å². The number of halogens is 1. The molecule has 1 heterocycles. The van der Waals surface area contributed by atoms with E-state index in [0.29, 0.717) is 11.3 Å². The highest BCUT2D eigenvalue weighted by Crippen LogP contribution is 2.38.